The lowest BCUT2D eigenvalue weighted by molar-refractivity contribution is 0.192. The first-order valence-corrected chi connectivity index (χ1v) is 5.52. The van der Waals surface area contributed by atoms with Crippen LogP contribution in [0, 0.1) is 17.6 Å². The van der Waals surface area contributed by atoms with Gasteiger partial charge in [-0.05, 0) is 30.0 Å². The molecule has 98 valence electrons. The molecule has 2 rings (SSSR count). The van der Waals surface area contributed by atoms with Crippen LogP contribution in [0.25, 0.3) is 0 Å². The van der Waals surface area contributed by atoms with E-state index < -0.39 is 23.1 Å². The second-order valence-electron chi connectivity index (χ2n) is 4.56. The Bertz CT molecular complexity index is 460. The molecule has 18 heavy (non-hydrogen) atoms. The smallest absolute Gasteiger partial charge is 0.404 e. The topological polar surface area (TPSA) is 69.6 Å². The van der Waals surface area contributed by atoms with E-state index in [4.69, 9.17) is 10.2 Å². The molecule has 0 radical (unpaired) electrons. The third-order valence-electron chi connectivity index (χ3n) is 3.44. The van der Waals surface area contributed by atoms with Gasteiger partial charge in [0.2, 0.25) is 0 Å². The van der Waals surface area contributed by atoms with E-state index in [0.29, 0.717) is 12.0 Å². The molecule has 1 aromatic carbocycles. The Labute approximate surface area is 102 Å². The zero-order chi connectivity index (χ0) is 13.3. The molecule has 0 heterocycles. The summed E-state index contributed by atoms with van der Waals surface area (Å²) < 4.78 is 26.4. The number of nitrogens with one attached hydrogen (secondary N) is 1. The SMILES string of the molecule is O=C(O)NC[C@@]1(c2cc(F)cc(F)c2)C[C@H]1CO. The van der Waals surface area contributed by atoms with Crippen molar-refractivity contribution in [3.63, 3.8) is 0 Å². The minimum atomic E-state index is -1.20. The van der Waals surface area contributed by atoms with Gasteiger partial charge in [-0.3, -0.25) is 0 Å². The lowest BCUT2D eigenvalue weighted by Gasteiger charge is -2.17. The fraction of sp³-hybridized carbons (Fsp3) is 0.417. The Morgan fingerprint density at radius 2 is 2.00 bits per heavy atom. The molecule has 0 aliphatic heterocycles. The molecule has 1 saturated carbocycles. The summed E-state index contributed by atoms with van der Waals surface area (Å²) in [6.45, 7) is -0.101. The number of amides is 1. The maximum atomic E-state index is 13.2. The fourth-order valence-electron chi connectivity index (χ4n) is 2.37. The third kappa shape index (κ3) is 2.28. The van der Waals surface area contributed by atoms with Crippen molar-refractivity contribution in [3.05, 3.63) is 35.4 Å². The second-order valence-corrected chi connectivity index (χ2v) is 4.56. The summed E-state index contributed by atoms with van der Waals surface area (Å²) >= 11 is 0. The van der Waals surface area contributed by atoms with Gasteiger partial charge in [0.25, 0.3) is 0 Å². The molecule has 0 bridgehead atoms. The predicted molar refractivity (Wildman–Crippen MR) is 59.3 cm³/mol. The molecule has 6 heteroatoms. The molecule has 0 aromatic heterocycles. The summed E-state index contributed by atoms with van der Waals surface area (Å²) in [5.74, 6) is -1.59. The van der Waals surface area contributed by atoms with E-state index in [1.165, 1.54) is 12.1 Å². The highest BCUT2D eigenvalue weighted by atomic mass is 19.1. The van der Waals surface area contributed by atoms with E-state index in [1.807, 2.05) is 0 Å². The van der Waals surface area contributed by atoms with Gasteiger partial charge in [-0.2, -0.15) is 0 Å². The largest absolute Gasteiger partial charge is 0.465 e. The van der Waals surface area contributed by atoms with Crippen molar-refractivity contribution in [2.75, 3.05) is 13.2 Å². The minimum absolute atomic E-state index is 0.0381. The molecule has 2 atom stereocenters. The first-order valence-electron chi connectivity index (χ1n) is 5.52. The van der Waals surface area contributed by atoms with Crippen LogP contribution in [-0.4, -0.2) is 29.5 Å². The average molecular weight is 257 g/mol. The molecule has 3 N–H and O–H groups in total. The Balaban J connectivity index is 2.27. The molecule has 4 nitrogen and oxygen atoms in total. The summed E-state index contributed by atoms with van der Waals surface area (Å²) in [4.78, 5) is 10.5. The van der Waals surface area contributed by atoms with Crippen molar-refractivity contribution in [2.45, 2.75) is 11.8 Å². The van der Waals surface area contributed by atoms with Crippen LogP contribution >= 0.6 is 0 Å². The average Bonchev–Trinajstić information content (AvgIpc) is 3.00. The molecule has 1 amide bonds. The molecule has 0 spiro atoms. The summed E-state index contributed by atoms with van der Waals surface area (Å²) in [6, 6.07) is 3.13. The third-order valence-corrected chi connectivity index (χ3v) is 3.44. The highest BCUT2D eigenvalue weighted by molar-refractivity contribution is 5.64. The van der Waals surface area contributed by atoms with Gasteiger partial charge in [0.1, 0.15) is 11.6 Å². The quantitative estimate of drug-likeness (QED) is 0.765. The molecule has 0 saturated heterocycles. The second kappa shape index (κ2) is 4.53. The molecule has 1 aromatic rings. The number of carbonyl (C=O) groups is 1. The lowest BCUT2D eigenvalue weighted by Crippen LogP contribution is -2.33. The van der Waals surface area contributed by atoms with Crippen LogP contribution in [0.2, 0.25) is 0 Å². The zero-order valence-corrected chi connectivity index (χ0v) is 9.49. The summed E-state index contributed by atoms with van der Waals surface area (Å²) in [5, 5.41) is 20.0. The van der Waals surface area contributed by atoms with Gasteiger partial charge < -0.3 is 15.5 Å². The first kappa shape index (κ1) is 12.8. The Hall–Kier alpha value is -1.69. The number of carboxylic acid groups (broad SMARTS) is 1. The van der Waals surface area contributed by atoms with Gasteiger partial charge in [-0.1, -0.05) is 0 Å². The van der Waals surface area contributed by atoms with Gasteiger partial charge in [0, 0.05) is 24.6 Å². The van der Waals surface area contributed by atoms with Crippen LogP contribution in [0.3, 0.4) is 0 Å². The molecular weight excluding hydrogens is 244 g/mol. The van der Waals surface area contributed by atoms with E-state index in [-0.39, 0.29) is 19.1 Å². The molecule has 1 aliphatic carbocycles. The van der Waals surface area contributed by atoms with Gasteiger partial charge in [-0.25, -0.2) is 13.6 Å². The number of aliphatic hydroxyl groups is 1. The standard InChI is InChI=1S/C12H13F2NO3/c13-9-1-7(2-10(14)3-9)12(4-8(12)5-16)6-15-11(17)18/h1-3,8,15-16H,4-6H2,(H,17,18)/t8-,12+/m0/s1. The number of benzene rings is 1. The summed E-state index contributed by atoms with van der Waals surface area (Å²) in [6.07, 6.45) is -0.693. The van der Waals surface area contributed by atoms with Crippen LogP contribution in [0.4, 0.5) is 13.6 Å². The van der Waals surface area contributed by atoms with Crippen molar-refractivity contribution in [3.8, 4) is 0 Å². The first-order chi connectivity index (χ1) is 8.48. The molecular formula is C12H13F2NO3. The normalized spacial score (nSPS) is 25.8. The fourth-order valence-corrected chi connectivity index (χ4v) is 2.37. The highest BCUT2D eigenvalue weighted by Crippen LogP contribution is 2.53. The van der Waals surface area contributed by atoms with E-state index >= 15 is 0 Å². The van der Waals surface area contributed by atoms with Crippen molar-refractivity contribution < 1.29 is 23.8 Å². The van der Waals surface area contributed by atoms with Crippen LogP contribution < -0.4 is 5.32 Å². The summed E-state index contributed by atoms with van der Waals surface area (Å²) in [5.41, 5.74) is -0.316. The van der Waals surface area contributed by atoms with Crippen molar-refractivity contribution in [1.29, 1.82) is 0 Å². The number of hydrogen-bond acceptors (Lipinski definition) is 2. The van der Waals surface area contributed by atoms with Gasteiger partial charge >= 0.3 is 6.09 Å². The lowest BCUT2D eigenvalue weighted by atomic mass is 9.93. The van der Waals surface area contributed by atoms with Crippen LogP contribution in [0.5, 0.6) is 0 Å². The number of aliphatic hydroxyl groups excluding tert-OH is 1. The van der Waals surface area contributed by atoms with Gasteiger partial charge in [-0.15, -0.1) is 0 Å². The maximum Gasteiger partial charge on any atom is 0.404 e. The Morgan fingerprint density at radius 3 is 2.44 bits per heavy atom. The minimum Gasteiger partial charge on any atom is -0.465 e. The monoisotopic (exact) mass is 257 g/mol. The number of hydrogen-bond donors (Lipinski definition) is 3. The van der Waals surface area contributed by atoms with E-state index in [2.05, 4.69) is 5.32 Å². The Kier molecular flexibility index (Phi) is 3.21. The number of rotatable bonds is 4. The van der Waals surface area contributed by atoms with Gasteiger partial charge in [0.15, 0.2) is 0 Å². The van der Waals surface area contributed by atoms with E-state index in [9.17, 15) is 13.6 Å². The van der Waals surface area contributed by atoms with E-state index in [0.717, 1.165) is 6.07 Å². The Morgan fingerprint density at radius 1 is 1.39 bits per heavy atom. The van der Waals surface area contributed by atoms with Gasteiger partial charge in [0.05, 0.1) is 0 Å². The van der Waals surface area contributed by atoms with Crippen LogP contribution in [-0.2, 0) is 5.41 Å². The molecule has 1 aliphatic rings. The molecule has 0 unspecified atom stereocenters. The summed E-state index contributed by atoms with van der Waals surface area (Å²) in [7, 11) is 0. The maximum absolute atomic E-state index is 13.2. The van der Waals surface area contributed by atoms with Crippen molar-refractivity contribution in [2.24, 2.45) is 5.92 Å². The van der Waals surface area contributed by atoms with Crippen LogP contribution in [0.1, 0.15) is 12.0 Å². The van der Waals surface area contributed by atoms with Crippen LogP contribution in [0.15, 0.2) is 18.2 Å². The highest BCUT2D eigenvalue weighted by Gasteiger charge is 2.55. The van der Waals surface area contributed by atoms with Crippen molar-refractivity contribution >= 4 is 6.09 Å². The zero-order valence-electron chi connectivity index (χ0n) is 9.49. The van der Waals surface area contributed by atoms with Crippen molar-refractivity contribution in [1.82, 2.24) is 5.32 Å². The molecule has 1 fully saturated rings. The van der Waals surface area contributed by atoms with E-state index in [1.54, 1.807) is 0 Å². The predicted octanol–water partition coefficient (Wildman–Crippen LogP) is 1.48. The number of halogens is 2.